The van der Waals surface area contributed by atoms with E-state index in [2.05, 4.69) is 0 Å². The van der Waals surface area contributed by atoms with Gasteiger partial charge in [-0.05, 0) is 37.6 Å². The Labute approximate surface area is 252 Å². The van der Waals surface area contributed by atoms with E-state index in [1.165, 1.54) is 25.2 Å². The molecule has 5 rings (SSSR count). The number of hydrogen-bond acceptors (Lipinski definition) is 14. The maximum absolute atomic E-state index is 13.4. The van der Waals surface area contributed by atoms with Crippen LogP contribution in [0, 0.1) is 5.92 Å². The second-order valence-electron chi connectivity index (χ2n) is 11.1. The standard InChI is InChI=1S/C30H36O14/c1-14-12-18(32)30(10-11-39-27(20(14)30)43-28-24(37)23(36)22(35)17(13-31)41-28)44-29-25(38)26(21(34)15(2)40-29)42-19(33)9-8-16-6-4-3-5-7-16/h3-12,15,17,20-29,31,34-38H,13H2,1-2H3/t15-,17+,20+,21+,22-,23-,24-,25+,26+,27-,28+,29+,30-/m1/s1. The van der Waals surface area contributed by atoms with Gasteiger partial charge in [-0.25, -0.2) is 4.79 Å². The van der Waals surface area contributed by atoms with Gasteiger partial charge in [0.05, 0.1) is 24.9 Å². The molecule has 3 aliphatic heterocycles. The van der Waals surface area contributed by atoms with Gasteiger partial charge in [0.2, 0.25) is 6.29 Å². The highest BCUT2D eigenvalue weighted by atomic mass is 16.8. The molecule has 0 aromatic heterocycles. The van der Waals surface area contributed by atoms with E-state index in [-0.39, 0.29) is 0 Å². The number of benzene rings is 1. The summed E-state index contributed by atoms with van der Waals surface area (Å²) in [7, 11) is 0. The zero-order valence-corrected chi connectivity index (χ0v) is 23.9. The molecule has 14 nitrogen and oxygen atoms in total. The third-order valence-corrected chi connectivity index (χ3v) is 8.17. The fourth-order valence-corrected chi connectivity index (χ4v) is 5.72. The van der Waals surface area contributed by atoms with E-state index in [1.54, 1.807) is 31.2 Å². The van der Waals surface area contributed by atoms with Gasteiger partial charge < -0.3 is 59.1 Å². The first-order valence-electron chi connectivity index (χ1n) is 14.1. The van der Waals surface area contributed by atoms with Crippen LogP contribution < -0.4 is 0 Å². The van der Waals surface area contributed by atoms with Crippen LogP contribution in [0.15, 0.2) is 60.4 Å². The van der Waals surface area contributed by atoms with Gasteiger partial charge in [0.1, 0.15) is 36.6 Å². The Morgan fingerprint density at radius 3 is 2.39 bits per heavy atom. The Bertz CT molecular complexity index is 1280. The number of rotatable bonds is 8. The van der Waals surface area contributed by atoms with Crippen LogP contribution >= 0.6 is 0 Å². The molecule has 13 atom stereocenters. The molecule has 2 saturated heterocycles. The predicted molar refractivity (Wildman–Crippen MR) is 147 cm³/mol. The summed E-state index contributed by atoms with van der Waals surface area (Å²) in [6.45, 7) is 2.40. The van der Waals surface area contributed by atoms with Crippen LogP contribution in [0.1, 0.15) is 19.4 Å². The monoisotopic (exact) mass is 620 g/mol. The minimum Gasteiger partial charge on any atom is -0.472 e. The smallest absolute Gasteiger partial charge is 0.331 e. The first-order chi connectivity index (χ1) is 21.0. The van der Waals surface area contributed by atoms with Crippen molar-refractivity contribution in [2.45, 2.75) is 87.2 Å². The third kappa shape index (κ3) is 6.10. The number of esters is 1. The van der Waals surface area contributed by atoms with Crippen molar-refractivity contribution >= 4 is 17.8 Å². The van der Waals surface area contributed by atoms with Crippen molar-refractivity contribution in [3.63, 3.8) is 0 Å². The summed E-state index contributed by atoms with van der Waals surface area (Å²) in [5.74, 6) is -2.43. The zero-order chi connectivity index (χ0) is 31.8. The summed E-state index contributed by atoms with van der Waals surface area (Å²) < 4.78 is 34.2. The SMILES string of the molecule is CC1=CC(=O)[C@]2(O[C@@H]3O[C@H](C)[C@H](O)[C@H](OC(=O)C=Cc4ccccc4)[C@@H]3O)C=CO[C@H](O[C@@H]3O[C@@H](CO)[C@@H](O)[C@@H](O)[C@H]3O)[C@H]12. The van der Waals surface area contributed by atoms with E-state index in [9.17, 15) is 40.2 Å². The predicted octanol–water partition coefficient (Wildman–Crippen LogP) is -1.33. The van der Waals surface area contributed by atoms with Crippen molar-refractivity contribution in [2.24, 2.45) is 5.92 Å². The molecule has 14 heteroatoms. The number of carbonyl (C=O) groups excluding carboxylic acids is 2. The molecule has 0 radical (unpaired) electrons. The van der Waals surface area contributed by atoms with Gasteiger partial charge in [0.15, 0.2) is 30.1 Å². The van der Waals surface area contributed by atoms with Crippen molar-refractivity contribution < 1.29 is 68.6 Å². The van der Waals surface area contributed by atoms with E-state index >= 15 is 0 Å². The Morgan fingerprint density at radius 2 is 1.68 bits per heavy atom. The molecule has 1 aromatic carbocycles. The second-order valence-corrected chi connectivity index (χ2v) is 11.1. The maximum atomic E-state index is 13.4. The van der Waals surface area contributed by atoms with Crippen molar-refractivity contribution in [3.8, 4) is 0 Å². The first-order valence-corrected chi connectivity index (χ1v) is 14.1. The van der Waals surface area contributed by atoms with Gasteiger partial charge in [-0.2, -0.15) is 0 Å². The molecule has 4 aliphatic rings. The number of aliphatic hydroxyl groups excluding tert-OH is 6. The van der Waals surface area contributed by atoms with E-state index in [0.29, 0.717) is 5.57 Å². The Morgan fingerprint density at radius 1 is 0.955 bits per heavy atom. The number of carbonyl (C=O) groups is 2. The zero-order valence-electron chi connectivity index (χ0n) is 23.9. The lowest BCUT2D eigenvalue weighted by atomic mass is 9.83. The van der Waals surface area contributed by atoms with Gasteiger partial charge in [0.25, 0.3) is 0 Å². The number of ketones is 1. The highest BCUT2D eigenvalue weighted by Crippen LogP contribution is 2.46. The third-order valence-electron chi connectivity index (χ3n) is 8.17. The normalized spacial score (nSPS) is 42.1. The quantitative estimate of drug-likeness (QED) is 0.147. The largest absolute Gasteiger partial charge is 0.472 e. The van der Waals surface area contributed by atoms with Crippen LogP contribution in [0.5, 0.6) is 0 Å². The molecular weight excluding hydrogens is 584 g/mol. The molecule has 0 saturated carbocycles. The molecule has 2 fully saturated rings. The van der Waals surface area contributed by atoms with E-state index in [0.717, 1.165) is 17.9 Å². The van der Waals surface area contributed by atoms with E-state index in [1.807, 2.05) is 6.07 Å². The highest BCUT2D eigenvalue weighted by Gasteiger charge is 2.60. The first kappa shape index (κ1) is 32.4. The molecule has 1 aliphatic carbocycles. The van der Waals surface area contributed by atoms with Crippen LogP contribution in [0.3, 0.4) is 0 Å². The van der Waals surface area contributed by atoms with Crippen LogP contribution in [-0.4, -0.2) is 122 Å². The van der Waals surface area contributed by atoms with Crippen LogP contribution in [0.2, 0.25) is 0 Å². The minimum absolute atomic E-state index is 0.432. The van der Waals surface area contributed by atoms with Gasteiger partial charge in [-0.1, -0.05) is 35.9 Å². The molecular formula is C30H36O14. The molecule has 6 N–H and O–H groups in total. The topological polar surface area (TPSA) is 211 Å². The van der Waals surface area contributed by atoms with Crippen LogP contribution in [0.4, 0.5) is 0 Å². The molecule has 44 heavy (non-hydrogen) atoms. The number of fused-ring (bicyclic) bond motifs is 1. The lowest BCUT2D eigenvalue weighted by molar-refractivity contribution is -0.353. The summed E-state index contributed by atoms with van der Waals surface area (Å²) in [5.41, 5.74) is -0.704. The summed E-state index contributed by atoms with van der Waals surface area (Å²) in [6.07, 6.45) is -10.1. The van der Waals surface area contributed by atoms with E-state index < -0.39 is 97.6 Å². The fraction of sp³-hybridized carbons (Fsp3) is 0.533. The Balaban J connectivity index is 1.34. The van der Waals surface area contributed by atoms with Gasteiger partial charge in [0, 0.05) is 6.08 Å². The summed E-state index contributed by atoms with van der Waals surface area (Å²) >= 11 is 0. The Hall–Kier alpha value is -3.02. The van der Waals surface area contributed by atoms with Crippen LogP contribution in [0.25, 0.3) is 6.08 Å². The van der Waals surface area contributed by atoms with Crippen molar-refractivity contribution in [1.29, 1.82) is 0 Å². The number of ether oxygens (including phenoxy) is 6. The van der Waals surface area contributed by atoms with E-state index in [4.69, 9.17) is 28.4 Å². The summed E-state index contributed by atoms with van der Waals surface area (Å²) in [5, 5.41) is 62.2. The summed E-state index contributed by atoms with van der Waals surface area (Å²) in [4.78, 5) is 26.0. The lowest BCUT2D eigenvalue weighted by Gasteiger charge is -2.47. The Kier molecular flexibility index (Phi) is 9.67. The van der Waals surface area contributed by atoms with Gasteiger partial charge in [-0.3, -0.25) is 4.79 Å². The van der Waals surface area contributed by atoms with Crippen molar-refractivity contribution in [1.82, 2.24) is 0 Å². The van der Waals surface area contributed by atoms with Crippen molar-refractivity contribution in [3.05, 3.63) is 66.0 Å². The molecule has 0 unspecified atom stereocenters. The molecule has 0 amide bonds. The molecule has 0 spiro atoms. The number of hydrogen-bond donors (Lipinski definition) is 6. The minimum atomic E-state index is -1.86. The average Bonchev–Trinajstić information content (AvgIpc) is 3.27. The molecule has 240 valence electrons. The van der Waals surface area contributed by atoms with Crippen molar-refractivity contribution in [2.75, 3.05) is 6.61 Å². The van der Waals surface area contributed by atoms with Gasteiger partial charge in [-0.15, -0.1) is 0 Å². The highest BCUT2D eigenvalue weighted by molar-refractivity contribution is 6.03. The summed E-state index contributed by atoms with van der Waals surface area (Å²) in [6, 6.07) is 8.94. The number of aliphatic hydroxyl groups is 6. The van der Waals surface area contributed by atoms with Crippen LogP contribution in [-0.2, 0) is 38.0 Å². The fourth-order valence-electron chi connectivity index (χ4n) is 5.72. The molecule has 0 bridgehead atoms. The average molecular weight is 621 g/mol. The molecule has 3 heterocycles. The second kappa shape index (κ2) is 13.1. The molecule has 1 aromatic rings. The van der Waals surface area contributed by atoms with Gasteiger partial charge >= 0.3 is 5.97 Å². The lowest BCUT2D eigenvalue weighted by Crippen LogP contribution is -2.63. The maximum Gasteiger partial charge on any atom is 0.331 e.